The number of ether oxygens (including phenoxy) is 1. The highest BCUT2D eigenvalue weighted by Gasteiger charge is 2.28. The minimum absolute atomic E-state index is 0.0606. The van der Waals surface area contributed by atoms with Gasteiger partial charge < -0.3 is 9.84 Å². The molecular formula is C16H14F3NO5S2. The first-order chi connectivity index (χ1) is 12.5. The highest BCUT2D eigenvalue weighted by Crippen LogP contribution is 2.34. The summed E-state index contributed by atoms with van der Waals surface area (Å²) >= 11 is 0.431. The number of carboxylic acid groups (broad SMARTS) is 1. The van der Waals surface area contributed by atoms with Gasteiger partial charge in [0.1, 0.15) is 10.6 Å². The molecule has 0 saturated carbocycles. The zero-order valence-electron chi connectivity index (χ0n) is 13.8. The Kier molecular flexibility index (Phi) is 6.26. The molecule has 2 rings (SSSR count). The number of carboxylic acids is 1. The Bertz CT molecular complexity index is 945. The first-order valence-corrected chi connectivity index (χ1v) is 9.73. The molecule has 2 aromatic carbocycles. The minimum atomic E-state index is -4.42. The Morgan fingerprint density at radius 1 is 1.22 bits per heavy atom. The molecular weight excluding hydrogens is 407 g/mol. The van der Waals surface area contributed by atoms with Crippen molar-refractivity contribution in [2.45, 2.75) is 16.0 Å². The molecule has 0 amide bonds. The molecule has 0 aliphatic carbocycles. The molecule has 0 bridgehead atoms. The number of nitrogens with one attached hydrogen (secondary N) is 1. The molecule has 2 N–H and O–H groups in total. The topological polar surface area (TPSA) is 92.7 Å². The van der Waals surface area contributed by atoms with Gasteiger partial charge in [-0.1, -0.05) is 12.1 Å². The van der Waals surface area contributed by atoms with Crippen molar-refractivity contribution in [3.05, 3.63) is 48.0 Å². The standard InChI is InChI=1S/C16H14F3NO5S2/c1-25-12-7-6-10(15(21)22)8-14(12)27(23,24)20-11-4-2-3-5-13(11)26-9-16(17,18)19/h2-8,20H,9H2,1H3,(H,21,22). The molecule has 0 aliphatic heterocycles. The van der Waals surface area contributed by atoms with Crippen molar-refractivity contribution in [1.29, 1.82) is 0 Å². The van der Waals surface area contributed by atoms with Crippen LogP contribution in [0.25, 0.3) is 0 Å². The number of thioether (sulfide) groups is 1. The molecule has 2 aromatic rings. The molecule has 0 spiro atoms. The molecule has 6 nitrogen and oxygen atoms in total. The number of aromatic carboxylic acids is 1. The Morgan fingerprint density at radius 3 is 2.48 bits per heavy atom. The van der Waals surface area contributed by atoms with Gasteiger partial charge in [0.2, 0.25) is 0 Å². The van der Waals surface area contributed by atoms with Gasteiger partial charge >= 0.3 is 12.1 Å². The Morgan fingerprint density at radius 2 is 1.89 bits per heavy atom. The number of hydrogen-bond donors (Lipinski definition) is 2. The van der Waals surface area contributed by atoms with Crippen LogP contribution in [0, 0.1) is 0 Å². The van der Waals surface area contributed by atoms with Crippen molar-refractivity contribution in [1.82, 2.24) is 0 Å². The van der Waals surface area contributed by atoms with Crippen LogP contribution >= 0.6 is 11.8 Å². The lowest BCUT2D eigenvalue weighted by molar-refractivity contribution is -0.105. The van der Waals surface area contributed by atoms with Gasteiger partial charge in [-0.2, -0.15) is 13.2 Å². The number of rotatable bonds is 7. The summed E-state index contributed by atoms with van der Waals surface area (Å²) in [5.74, 6) is -2.63. The van der Waals surface area contributed by atoms with Crippen LogP contribution in [0.2, 0.25) is 0 Å². The lowest BCUT2D eigenvalue weighted by atomic mass is 10.2. The summed E-state index contributed by atoms with van der Waals surface area (Å²) in [5, 5.41) is 9.05. The number of hydrogen-bond acceptors (Lipinski definition) is 5. The Labute approximate surface area is 157 Å². The van der Waals surface area contributed by atoms with Crippen LogP contribution in [-0.4, -0.2) is 38.5 Å². The van der Waals surface area contributed by atoms with Crippen molar-refractivity contribution in [2.24, 2.45) is 0 Å². The number of benzene rings is 2. The van der Waals surface area contributed by atoms with Crippen LogP contribution in [0.4, 0.5) is 18.9 Å². The van der Waals surface area contributed by atoms with E-state index in [1.54, 1.807) is 0 Å². The monoisotopic (exact) mass is 421 g/mol. The molecule has 0 aliphatic rings. The molecule has 0 unspecified atom stereocenters. The predicted molar refractivity (Wildman–Crippen MR) is 94.0 cm³/mol. The van der Waals surface area contributed by atoms with Gasteiger partial charge in [0.25, 0.3) is 10.0 Å². The molecule has 27 heavy (non-hydrogen) atoms. The quantitative estimate of drug-likeness (QED) is 0.660. The fraction of sp³-hybridized carbons (Fsp3) is 0.188. The largest absolute Gasteiger partial charge is 0.495 e. The highest BCUT2D eigenvalue weighted by atomic mass is 32.2. The third kappa shape index (κ3) is 5.54. The second kappa shape index (κ2) is 8.09. The van der Waals surface area contributed by atoms with Gasteiger partial charge in [0.05, 0.1) is 24.1 Å². The van der Waals surface area contributed by atoms with Crippen LogP contribution in [0.15, 0.2) is 52.3 Å². The van der Waals surface area contributed by atoms with E-state index in [0.717, 1.165) is 6.07 Å². The maximum Gasteiger partial charge on any atom is 0.398 e. The van der Waals surface area contributed by atoms with Gasteiger partial charge in [0.15, 0.2) is 0 Å². The first-order valence-electron chi connectivity index (χ1n) is 7.26. The van der Waals surface area contributed by atoms with E-state index in [1.807, 2.05) is 0 Å². The number of anilines is 1. The van der Waals surface area contributed by atoms with Crippen LogP contribution in [0.1, 0.15) is 10.4 Å². The van der Waals surface area contributed by atoms with E-state index >= 15 is 0 Å². The second-order valence-electron chi connectivity index (χ2n) is 5.18. The van der Waals surface area contributed by atoms with E-state index in [-0.39, 0.29) is 21.9 Å². The number of halogens is 3. The first kappa shape index (κ1) is 20.9. The minimum Gasteiger partial charge on any atom is -0.495 e. The maximum absolute atomic E-state index is 12.7. The van der Waals surface area contributed by atoms with E-state index in [4.69, 9.17) is 9.84 Å². The summed E-state index contributed by atoms with van der Waals surface area (Å²) in [6.45, 7) is 0. The van der Waals surface area contributed by atoms with E-state index < -0.39 is 32.8 Å². The van der Waals surface area contributed by atoms with Gasteiger partial charge in [-0.25, -0.2) is 13.2 Å². The van der Waals surface area contributed by atoms with Crippen molar-refractivity contribution >= 4 is 33.4 Å². The molecule has 11 heteroatoms. The molecule has 0 saturated heterocycles. The molecule has 0 radical (unpaired) electrons. The van der Waals surface area contributed by atoms with Crippen LogP contribution in [0.5, 0.6) is 5.75 Å². The summed E-state index contributed by atoms with van der Waals surface area (Å²) in [5.41, 5.74) is -0.342. The summed E-state index contributed by atoms with van der Waals surface area (Å²) in [7, 11) is -3.11. The summed E-state index contributed by atoms with van der Waals surface area (Å²) < 4.78 is 69.9. The molecule has 0 aromatic heterocycles. The predicted octanol–water partition coefficient (Wildman–Crippen LogP) is 3.85. The Balaban J connectivity index is 2.40. The smallest absolute Gasteiger partial charge is 0.398 e. The van der Waals surface area contributed by atoms with Gasteiger partial charge in [-0.3, -0.25) is 4.72 Å². The zero-order chi connectivity index (χ0) is 20.2. The van der Waals surface area contributed by atoms with Gasteiger partial charge in [-0.15, -0.1) is 11.8 Å². The summed E-state index contributed by atoms with van der Waals surface area (Å²) in [4.78, 5) is 10.7. The highest BCUT2D eigenvalue weighted by molar-refractivity contribution is 7.99. The zero-order valence-corrected chi connectivity index (χ0v) is 15.4. The van der Waals surface area contributed by atoms with Gasteiger partial charge in [0, 0.05) is 4.90 Å². The normalized spacial score (nSPS) is 11.9. The van der Waals surface area contributed by atoms with Crippen LogP contribution < -0.4 is 9.46 Å². The average Bonchev–Trinajstić information content (AvgIpc) is 2.59. The van der Waals surface area contributed by atoms with E-state index in [9.17, 15) is 26.4 Å². The fourth-order valence-corrected chi connectivity index (χ4v) is 4.16. The van der Waals surface area contributed by atoms with E-state index in [2.05, 4.69) is 4.72 Å². The summed E-state index contributed by atoms with van der Waals surface area (Å²) in [6, 6.07) is 8.86. The number of methoxy groups -OCH3 is 1. The van der Waals surface area contributed by atoms with E-state index in [0.29, 0.717) is 11.8 Å². The van der Waals surface area contributed by atoms with E-state index in [1.165, 1.54) is 43.5 Å². The van der Waals surface area contributed by atoms with Crippen molar-refractivity contribution in [3.63, 3.8) is 0 Å². The molecule has 0 fully saturated rings. The fourth-order valence-electron chi connectivity index (χ4n) is 2.06. The third-order valence-corrected chi connectivity index (χ3v) is 5.75. The maximum atomic E-state index is 12.7. The van der Waals surface area contributed by atoms with Crippen molar-refractivity contribution in [3.8, 4) is 5.75 Å². The number of carbonyl (C=O) groups is 1. The molecule has 146 valence electrons. The van der Waals surface area contributed by atoms with Crippen molar-refractivity contribution < 1.29 is 36.2 Å². The lowest BCUT2D eigenvalue weighted by Gasteiger charge is -2.15. The third-order valence-electron chi connectivity index (χ3n) is 3.22. The van der Waals surface area contributed by atoms with Crippen LogP contribution in [0.3, 0.4) is 0 Å². The van der Waals surface area contributed by atoms with Gasteiger partial charge in [-0.05, 0) is 30.3 Å². The average molecular weight is 421 g/mol. The summed E-state index contributed by atoms with van der Waals surface area (Å²) in [6.07, 6.45) is -4.42. The molecule has 0 heterocycles. The number of alkyl halides is 3. The number of sulfonamides is 1. The van der Waals surface area contributed by atoms with Crippen LogP contribution in [-0.2, 0) is 10.0 Å². The van der Waals surface area contributed by atoms with Crippen molar-refractivity contribution in [2.75, 3.05) is 17.6 Å². The Hall–Kier alpha value is -2.40. The lowest BCUT2D eigenvalue weighted by Crippen LogP contribution is -2.16. The second-order valence-corrected chi connectivity index (χ2v) is 7.84. The molecule has 0 atom stereocenters. The number of para-hydroxylation sites is 1. The SMILES string of the molecule is COc1ccc(C(=O)O)cc1S(=O)(=O)Nc1ccccc1SCC(F)(F)F.